The average molecular weight is 323 g/mol. The molecule has 5 nitrogen and oxygen atoms in total. The molecule has 0 unspecified atom stereocenters. The molecule has 3 N–H and O–H groups in total. The topological polar surface area (TPSA) is 70.2 Å². The number of hydrogen-bond acceptors (Lipinski definition) is 3. The zero-order valence-electron chi connectivity index (χ0n) is 13.6. The Bertz CT molecular complexity index is 754. The van der Waals surface area contributed by atoms with Gasteiger partial charge < -0.3 is 16.0 Å². The molecule has 5 heteroatoms. The van der Waals surface area contributed by atoms with E-state index in [0.29, 0.717) is 29.3 Å². The first kappa shape index (κ1) is 16.2. The molecule has 0 radical (unpaired) electrons. The minimum atomic E-state index is -0.220. The first-order chi connectivity index (χ1) is 11.6. The third-order valence-corrected chi connectivity index (χ3v) is 4.12. The zero-order valence-corrected chi connectivity index (χ0v) is 13.6. The molecule has 24 heavy (non-hydrogen) atoms. The summed E-state index contributed by atoms with van der Waals surface area (Å²) in [6.45, 7) is 4.46. The molecule has 1 aliphatic rings. The van der Waals surface area contributed by atoms with Crippen molar-refractivity contribution < 1.29 is 9.59 Å². The molecule has 1 fully saturated rings. The van der Waals surface area contributed by atoms with Crippen LogP contribution < -0.4 is 16.0 Å². The molecule has 0 saturated carbocycles. The van der Waals surface area contributed by atoms with Crippen molar-refractivity contribution in [2.45, 2.75) is 6.92 Å². The molecule has 0 aromatic heterocycles. The number of carbonyl (C=O) groups is 2. The number of aryl methyl sites for hydroxylation is 1. The Labute approximate surface area is 141 Å². The molecule has 3 rings (SSSR count). The van der Waals surface area contributed by atoms with Crippen molar-refractivity contribution in [2.75, 3.05) is 25.0 Å². The van der Waals surface area contributed by atoms with Gasteiger partial charge in [0.2, 0.25) is 0 Å². The van der Waals surface area contributed by atoms with Gasteiger partial charge >= 0.3 is 0 Å². The second kappa shape index (κ2) is 7.27. The van der Waals surface area contributed by atoms with Crippen molar-refractivity contribution in [1.82, 2.24) is 10.6 Å². The van der Waals surface area contributed by atoms with Crippen molar-refractivity contribution in [1.29, 1.82) is 0 Å². The van der Waals surface area contributed by atoms with E-state index in [1.165, 1.54) is 0 Å². The fraction of sp³-hybridized carbons (Fsp3) is 0.263. The Morgan fingerprint density at radius 1 is 1.08 bits per heavy atom. The average Bonchev–Trinajstić information content (AvgIpc) is 2.53. The number of benzene rings is 2. The Hall–Kier alpha value is -2.66. The van der Waals surface area contributed by atoms with E-state index in [1.807, 2.05) is 25.1 Å². The lowest BCUT2D eigenvalue weighted by molar-refractivity contribution is 0.0943. The smallest absolute Gasteiger partial charge is 0.255 e. The third kappa shape index (κ3) is 3.81. The van der Waals surface area contributed by atoms with Gasteiger partial charge in [0.15, 0.2) is 0 Å². The molecule has 0 aliphatic carbocycles. The molecule has 1 aliphatic heterocycles. The van der Waals surface area contributed by atoms with Gasteiger partial charge in [0.1, 0.15) is 0 Å². The van der Waals surface area contributed by atoms with Crippen LogP contribution in [0.1, 0.15) is 26.3 Å². The largest absolute Gasteiger partial charge is 0.352 e. The van der Waals surface area contributed by atoms with Gasteiger partial charge in [-0.25, -0.2) is 0 Å². The SMILES string of the molecule is Cc1cccc(C(=O)Nc2ccccc2C(=O)NCC2CNC2)c1. The van der Waals surface area contributed by atoms with Gasteiger partial charge in [-0.2, -0.15) is 0 Å². The summed E-state index contributed by atoms with van der Waals surface area (Å²) in [7, 11) is 0. The van der Waals surface area contributed by atoms with Crippen LogP contribution in [-0.4, -0.2) is 31.4 Å². The standard InChI is InChI=1S/C19H21N3O2/c1-13-5-4-6-15(9-13)18(23)22-17-8-3-2-7-16(17)19(24)21-12-14-10-20-11-14/h2-9,14,20H,10-12H2,1H3,(H,21,24)(H,22,23). The van der Waals surface area contributed by atoms with E-state index in [1.54, 1.807) is 30.3 Å². The van der Waals surface area contributed by atoms with Gasteiger partial charge in [0.05, 0.1) is 11.3 Å². The van der Waals surface area contributed by atoms with E-state index in [-0.39, 0.29) is 11.8 Å². The lowest BCUT2D eigenvalue weighted by atomic mass is 10.0. The molecule has 1 heterocycles. The number of carbonyl (C=O) groups excluding carboxylic acids is 2. The Morgan fingerprint density at radius 2 is 1.88 bits per heavy atom. The van der Waals surface area contributed by atoms with Crippen LogP contribution >= 0.6 is 0 Å². The van der Waals surface area contributed by atoms with E-state index >= 15 is 0 Å². The quantitative estimate of drug-likeness (QED) is 0.790. The number of para-hydroxylation sites is 1. The lowest BCUT2D eigenvalue weighted by Crippen LogP contribution is -2.48. The van der Waals surface area contributed by atoms with Crippen molar-refractivity contribution in [3.05, 3.63) is 65.2 Å². The van der Waals surface area contributed by atoms with E-state index in [4.69, 9.17) is 0 Å². The predicted octanol–water partition coefficient (Wildman–Crippen LogP) is 2.20. The van der Waals surface area contributed by atoms with Crippen molar-refractivity contribution in [2.24, 2.45) is 5.92 Å². The van der Waals surface area contributed by atoms with Gasteiger partial charge in [-0.15, -0.1) is 0 Å². The summed E-state index contributed by atoms with van der Waals surface area (Å²) in [4.78, 5) is 24.8. The highest BCUT2D eigenvalue weighted by Crippen LogP contribution is 2.17. The van der Waals surface area contributed by atoms with Gasteiger partial charge in [-0.1, -0.05) is 29.8 Å². The van der Waals surface area contributed by atoms with Crippen molar-refractivity contribution in [3.8, 4) is 0 Å². The van der Waals surface area contributed by atoms with Crippen LogP contribution in [0.5, 0.6) is 0 Å². The summed E-state index contributed by atoms with van der Waals surface area (Å²) < 4.78 is 0. The first-order valence-electron chi connectivity index (χ1n) is 8.09. The highest BCUT2D eigenvalue weighted by atomic mass is 16.2. The summed E-state index contributed by atoms with van der Waals surface area (Å²) in [6.07, 6.45) is 0. The second-order valence-corrected chi connectivity index (χ2v) is 6.10. The fourth-order valence-electron chi connectivity index (χ4n) is 2.60. The van der Waals surface area contributed by atoms with Crippen LogP contribution in [0, 0.1) is 12.8 Å². The van der Waals surface area contributed by atoms with Crippen LogP contribution in [0.4, 0.5) is 5.69 Å². The predicted molar refractivity (Wildman–Crippen MR) is 94.3 cm³/mol. The molecule has 0 bridgehead atoms. The maximum atomic E-state index is 12.4. The Balaban J connectivity index is 1.71. The molecule has 0 atom stereocenters. The van der Waals surface area contributed by atoms with Crippen LogP contribution in [-0.2, 0) is 0 Å². The normalized spacial score (nSPS) is 13.9. The highest BCUT2D eigenvalue weighted by molar-refractivity contribution is 6.09. The third-order valence-electron chi connectivity index (χ3n) is 4.12. The number of anilines is 1. The fourth-order valence-corrected chi connectivity index (χ4v) is 2.60. The minimum Gasteiger partial charge on any atom is -0.352 e. The molecule has 2 amide bonds. The highest BCUT2D eigenvalue weighted by Gasteiger charge is 2.19. The molecule has 2 aromatic carbocycles. The number of nitrogens with one attached hydrogen (secondary N) is 3. The maximum absolute atomic E-state index is 12.4. The van der Waals surface area contributed by atoms with Gasteiger partial charge in [-0.05, 0) is 31.2 Å². The van der Waals surface area contributed by atoms with Gasteiger partial charge in [0, 0.05) is 31.1 Å². The molecular weight excluding hydrogens is 302 g/mol. The van der Waals surface area contributed by atoms with Gasteiger partial charge in [0.25, 0.3) is 11.8 Å². The Kier molecular flexibility index (Phi) is 4.91. The Morgan fingerprint density at radius 3 is 2.58 bits per heavy atom. The van der Waals surface area contributed by atoms with E-state index in [0.717, 1.165) is 18.7 Å². The van der Waals surface area contributed by atoms with Gasteiger partial charge in [-0.3, -0.25) is 9.59 Å². The zero-order chi connectivity index (χ0) is 16.9. The van der Waals surface area contributed by atoms with Crippen molar-refractivity contribution >= 4 is 17.5 Å². The van der Waals surface area contributed by atoms with E-state index in [9.17, 15) is 9.59 Å². The van der Waals surface area contributed by atoms with E-state index in [2.05, 4.69) is 16.0 Å². The van der Waals surface area contributed by atoms with E-state index < -0.39 is 0 Å². The summed E-state index contributed by atoms with van der Waals surface area (Å²) in [5.74, 6) is 0.104. The number of hydrogen-bond donors (Lipinski definition) is 3. The number of amides is 2. The molecule has 2 aromatic rings. The monoisotopic (exact) mass is 323 g/mol. The molecular formula is C19H21N3O2. The summed E-state index contributed by atoms with van der Waals surface area (Å²) in [5.41, 5.74) is 2.59. The minimum absolute atomic E-state index is 0.165. The molecule has 1 saturated heterocycles. The summed E-state index contributed by atoms with van der Waals surface area (Å²) in [6, 6.07) is 14.4. The van der Waals surface area contributed by atoms with Crippen LogP contribution in [0.25, 0.3) is 0 Å². The first-order valence-corrected chi connectivity index (χ1v) is 8.09. The second-order valence-electron chi connectivity index (χ2n) is 6.10. The van der Waals surface area contributed by atoms with Crippen LogP contribution in [0.3, 0.4) is 0 Å². The molecule has 124 valence electrons. The lowest BCUT2D eigenvalue weighted by Gasteiger charge is -2.27. The van der Waals surface area contributed by atoms with Crippen molar-refractivity contribution in [3.63, 3.8) is 0 Å². The van der Waals surface area contributed by atoms with Crippen LogP contribution in [0.15, 0.2) is 48.5 Å². The summed E-state index contributed by atoms with van der Waals surface area (Å²) in [5, 5.41) is 8.95. The molecule has 0 spiro atoms. The van der Waals surface area contributed by atoms with Crippen LogP contribution in [0.2, 0.25) is 0 Å². The number of rotatable bonds is 5. The maximum Gasteiger partial charge on any atom is 0.255 e. The summed E-state index contributed by atoms with van der Waals surface area (Å²) >= 11 is 0.